The van der Waals surface area contributed by atoms with E-state index < -0.39 is 5.69 Å². The first-order chi connectivity index (χ1) is 8.52. The molecular formula is C12H20N2O3S. The molecule has 0 spiro atoms. The number of unbranched alkanes of at least 4 members (excludes halogenated alkanes) is 1. The highest BCUT2D eigenvalue weighted by molar-refractivity contribution is 7.98. The highest BCUT2D eigenvalue weighted by Crippen LogP contribution is 2.21. The monoisotopic (exact) mass is 272 g/mol. The lowest BCUT2D eigenvalue weighted by Gasteiger charge is -2.16. The molecule has 18 heavy (non-hydrogen) atoms. The van der Waals surface area contributed by atoms with Gasteiger partial charge in [-0.15, -0.1) is 16.5 Å². The first-order valence-electron chi connectivity index (χ1n) is 6.09. The summed E-state index contributed by atoms with van der Waals surface area (Å²) in [5, 5.41) is 0.592. The van der Waals surface area contributed by atoms with Gasteiger partial charge in [-0.25, -0.2) is 4.79 Å². The Morgan fingerprint density at radius 3 is 2.56 bits per heavy atom. The molecule has 0 aromatic carbocycles. The van der Waals surface area contributed by atoms with Gasteiger partial charge >= 0.3 is 5.69 Å². The second kappa shape index (κ2) is 6.68. The van der Waals surface area contributed by atoms with E-state index >= 15 is 0 Å². The van der Waals surface area contributed by atoms with Gasteiger partial charge < -0.3 is 4.84 Å². The third-order valence-electron chi connectivity index (χ3n) is 2.55. The standard InChI is InChI=1S/C12H20N2O3S/c1-5-6-7-17-14-11(18-4)9(8(2)3)10(15)13-12(14)16/h8H,5-7H2,1-4H3,(H,13,15,16). The van der Waals surface area contributed by atoms with Gasteiger partial charge in [0.2, 0.25) is 0 Å². The zero-order chi connectivity index (χ0) is 13.7. The number of thioether (sulfide) groups is 1. The Morgan fingerprint density at radius 1 is 1.39 bits per heavy atom. The van der Waals surface area contributed by atoms with Crippen LogP contribution in [0.5, 0.6) is 0 Å². The van der Waals surface area contributed by atoms with Crippen LogP contribution in [0.1, 0.15) is 45.1 Å². The molecule has 1 rings (SSSR count). The van der Waals surface area contributed by atoms with Gasteiger partial charge in [-0.1, -0.05) is 27.2 Å². The van der Waals surface area contributed by atoms with Crippen LogP contribution in [0, 0.1) is 0 Å². The SMILES string of the molecule is CCCCOn1c(SC)c(C(C)C)c(=O)[nH]c1=O. The van der Waals surface area contributed by atoms with Gasteiger partial charge in [-0.2, -0.15) is 0 Å². The zero-order valence-electron chi connectivity index (χ0n) is 11.3. The molecular weight excluding hydrogens is 252 g/mol. The van der Waals surface area contributed by atoms with Crippen LogP contribution in [0.4, 0.5) is 0 Å². The molecule has 1 heterocycles. The normalized spacial score (nSPS) is 10.9. The van der Waals surface area contributed by atoms with E-state index in [2.05, 4.69) is 4.98 Å². The quantitative estimate of drug-likeness (QED) is 0.485. The summed E-state index contributed by atoms with van der Waals surface area (Å²) in [4.78, 5) is 31.3. The maximum Gasteiger partial charge on any atom is 0.362 e. The Bertz CT molecular complexity index is 505. The minimum absolute atomic E-state index is 0.0397. The largest absolute Gasteiger partial charge is 0.408 e. The van der Waals surface area contributed by atoms with Gasteiger partial charge in [0, 0.05) is 0 Å². The molecule has 0 aliphatic heterocycles. The van der Waals surface area contributed by atoms with Crippen LogP contribution in [-0.4, -0.2) is 22.6 Å². The zero-order valence-corrected chi connectivity index (χ0v) is 12.1. The molecule has 0 unspecified atom stereocenters. The maximum absolute atomic E-state index is 11.8. The second-order valence-electron chi connectivity index (χ2n) is 4.32. The third-order valence-corrected chi connectivity index (χ3v) is 3.33. The lowest BCUT2D eigenvalue weighted by atomic mass is 10.1. The molecule has 0 saturated carbocycles. The third kappa shape index (κ3) is 3.19. The predicted octanol–water partition coefficient (Wildman–Crippen LogP) is 1.61. The number of aromatic amines is 1. The molecule has 6 heteroatoms. The molecule has 5 nitrogen and oxygen atoms in total. The average molecular weight is 272 g/mol. The second-order valence-corrected chi connectivity index (χ2v) is 5.11. The van der Waals surface area contributed by atoms with Crippen LogP contribution >= 0.6 is 11.8 Å². The first-order valence-corrected chi connectivity index (χ1v) is 7.31. The van der Waals surface area contributed by atoms with Crippen LogP contribution in [0.3, 0.4) is 0 Å². The fraction of sp³-hybridized carbons (Fsp3) is 0.667. The topological polar surface area (TPSA) is 64.1 Å². The summed E-state index contributed by atoms with van der Waals surface area (Å²) in [7, 11) is 0. The van der Waals surface area contributed by atoms with Crippen LogP contribution in [0.2, 0.25) is 0 Å². The van der Waals surface area contributed by atoms with Crippen molar-refractivity contribution in [3.63, 3.8) is 0 Å². The predicted molar refractivity (Wildman–Crippen MR) is 73.5 cm³/mol. The Hall–Kier alpha value is -1.17. The summed E-state index contributed by atoms with van der Waals surface area (Å²) >= 11 is 1.35. The van der Waals surface area contributed by atoms with E-state index in [4.69, 9.17) is 4.84 Å². The van der Waals surface area contributed by atoms with Crippen molar-refractivity contribution in [3.05, 3.63) is 26.4 Å². The van der Waals surface area contributed by atoms with Crippen LogP contribution < -0.4 is 16.1 Å². The molecule has 0 aliphatic carbocycles. The average Bonchev–Trinajstić information content (AvgIpc) is 2.30. The minimum Gasteiger partial charge on any atom is -0.408 e. The van der Waals surface area contributed by atoms with Gasteiger partial charge in [-0.05, 0) is 18.6 Å². The Labute approximate surface area is 111 Å². The van der Waals surface area contributed by atoms with Crippen molar-refractivity contribution in [2.45, 2.75) is 44.6 Å². The van der Waals surface area contributed by atoms with E-state index in [9.17, 15) is 9.59 Å². The molecule has 0 bridgehead atoms. The number of aromatic nitrogens is 2. The molecule has 0 atom stereocenters. The Balaban J connectivity index is 3.27. The summed E-state index contributed by atoms with van der Waals surface area (Å²) in [6.07, 6.45) is 3.69. The van der Waals surface area contributed by atoms with Crippen molar-refractivity contribution in [3.8, 4) is 0 Å². The molecule has 1 aromatic heterocycles. The van der Waals surface area contributed by atoms with E-state index in [1.807, 2.05) is 27.0 Å². The van der Waals surface area contributed by atoms with Crippen molar-refractivity contribution in [2.24, 2.45) is 0 Å². The Kier molecular flexibility index (Phi) is 5.53. The summed E-state index contributed by atoms with van der Waals surface area (Å²) in [5.74, 6) is 0.0397. The minimum atomic E-state index is -0.509. The number of nitrogens with zero attached hydrogens (tertiary/aromatic N) is 1. The fourth-order valence-corrected chi connectivity index (χ4v) is 2.48. The number of nitrogens with one attached hydrogen (secondary N) is 1. The smallest absolute Gasteiger partial charge is 0.362 e. The number of rotatable bonds is 6. The number of hydrogen-bond donors (Lipinski definition) is 1. The summed E-state index contributed by atoms with van der Waals surface area (Å²) in [6, 6.07) is 0. The van der Waals surface area contributed by atoms with Gasteiger partial charge in [0.1, 0.15) is 11.6 Å². The van der Waals surface area contributed by atoms with Crippen molar-refractivity contribution in [1.82, 2.24) is 9.71 Å². The lowest BCUT2D eigenvalue weighted by molar-refractivity contribution is 0.0762. The van der Waals surface area contributed by atoms with E-state index in [-0.39, 0.29) is 11.5 Å². The van der Waals surface area contributed by atoms with Crippen molar-refractivity contribution in [2.75, 3.05) is 12.9 Å². The fourth-order valence-electron chi connectivity index (χ4n) is 1.63. The summed E-state index contributed by atoms with van der Waals surface area (Å²) in [5.41, 5.74) is -0.238. The first kappa shape index (κ1) is 14.9. The van der Waals surface area contributed by atoms with E-state index in [1.165, 1.54) is 16.5 Å². The van der Waals surface area contributed by atoms with Crippen molar-refractivity contribution in [1.29, 1.82) is 0 Å². The molecule has 0 aliphatic rings. The number of hydrogen-bond acceptors (Lipinski definition) is 4. The molecule has 1 N–H and O–H groups in total. The van der Waals surface area contributed by atoms with Gasteiger partial charge in [0.15, 0.2) is 0 Å². The molecule has 1 aromatic rings. The van der Waals surface area contributed by atoms with E-state index in [0.717, 1.165) is 12.8 Å². The highest BCUT2D eigenvalue weighted by atomic mass is 32.2. The van der Waals surface area contributed by atoms with E-state index in [0.29, 0.717) is 17.2 Å². The highest BCUT2D eigenvalue weighted by Gasteiger charge is 2.17. The molecule has 0 saturated heterocycles. The molecule has 0 radical (unpaired) electrons. The van der Waals surface area contributed by atoms with Crippen molar-refractivity contribution < 1.29 is 4.84 Å². The lowest BCUT2D eigenvalue weighted by Crippen LogP contribution is -2.38. The van der Waals surface area contributed by atoms with Gasteiger partial charge in [0.05, 0.1) is 5.56 Å². The van der Waals surface area contributed by atoms with E-state index in [1.54, 1.807) is 0 Å². The van der Waals surface area contributed by atoms with Gasteiger partial charge in [0.25, 0.3) is 5.56 Å². The molecule has 0 fully saturated rings. The Morgan fingerprint density at radius 2 is 2.06 bits per heavy atom. The molecule has 102 valence electrons. The maximum atomic E-state index is 11.8. The number of H-pyrrole nitrogens is 1. The summed E-state index contributed by atoms with van der Waals surface area (Å²) < 4.78 is 1.21. The van der Waals surface area contributed by atoms with Crippen LogP contribution in [0.25, 0.3) is 0 Å². The van der Waals surface area contributed by atoms with Crippen LogP contribution in [-0.2, 0) is 0 Å². The van der Waals surface area contributed by atoms with Crippen molar-refractivity contribution >= 4 is 11.8 Å². The van der Waals surface area contributed by atoms with Gasteiger partial charge in [-0.3, -0.25) is 9.78 Å². The molecule has 0 amide bonds. The van der Waals surface area contributed by atoms with Crippen LogP contribution in [0.15, 0.2) is 14.6 Å². The summed E-state index contributed by atoms with van der Waals surface area (Å²) in [6.45, 7) is 6.36.